The van der Waals surface area contributed by atoms with E-state index in [1.807, 2.05) is 20.8 Å². The third-order valence-corrected chi connectivity index (χ3v) is 5.45. The van der Waals surface area contributed by atoms with Crippen molar-refractivity contribution in [2.45, 2.75) is 64.1 Å². The van der Waals surface area contributed by atoms with Gasteiger partial charge in [0.15, 0.2) is 17.3 Å². The number of nitrogens with two attached hydrogens (primary N) is 1. The highest BCUT2D eigenvalue weighted by Gasteiger charge is 2.29. The molecule has 1 fully saturated rings. The molecule has 2 amide bonds. The molecule has 3 aromatic heterocycles. The van der Waals surface area contributed by atoms with Crippen LogP contribution in [0.25, 0.3) is 5.82 Å². The zero-order valence-corrected chi connectivity index (χ0v) is 20.4. The monoisotopic (exact) mass is 494 g/mol. The van der Waals surface area contributed by atoms with Crippen molar-refractivity contribution in [2.24, 2.45) is 5.73 Å². The lowest BCUT2D eigenvalue weighted by Gasteiger charge is -2.33. The van der Waals surface area contributed by atoms with Crippen LogP contribution < -0.4 is 21.7 Å². The first-order valence-electron chi connectivity index (χ1n) is 11.7. The lowest BCUT2D eigenvalue weighted by atomic mass is 9.90. The Kier molecular flexibility index (Phi) is 7.27. The highest BCUT2D eigenvalue weighted by atomic mass is 16.6. The minimum absolute atomic E-state index is 0.0305. The molecule has 2 atom stereocenters. The fourth-order valence-electron chi connectivity index (χ4n) is 3.94. The van der Waals surface area contributed by atoms with Crippen molar-refractivity contribution in [3.63, 3.8) is 0 Å². The number of carbonyl (C=O) groups is 2. The van der Waals surface area contributed by atoms with Crippen LogP contribution in [0.5, 0.6) is 0 Å². The van der Waals surface area contributed by atoms with Gasteiger partial charge >= 0.3 is 6.09 Å². The van der Waals surface area contributed by atoms with Gasteiger partial charge in [-0.3, -0.25) is 4.79 Å². The van der Waals surface area contributed by atoms with Crippen molar-refractivity contribution >= 4 is 29.3 Å². The molecule has 13 nitrogen and oxygen atoms in total. The number of anilines is 3. The Bertz CT molecular complexity index is 1210. The van der Waals surface area contributed by atoms with Gasteiger partial charge in [0, 0.05) is 12.1 Å². The molecule has 0 saturated heterocycles. The topological polar surface area (TPSA) is 175 Å². The van der Waals surface area contributed by atoms with Gasteiger partial charge in [0.1, 0.15) is 11.4 Å². The number of ether oxygens (including phenoxy) is 1. The van der Waals surface area contributed by atoms with Gasteiger partial charge in [0.25, 0.3) is 5.91 Å². The summed E-state index contributed by atoms with van der Waals surface area (Å²) in [6, 6.07) is 6.65. The fourth-order valence-corrected chi connectivity index (χ4v) is 3.94. The fraction of sp³-hybridized carbons (Fsp3) is 0.435. The van der Waals surface area contributed by atoms with Crippen LogP contribution in [0.1, 0.15) is 56.9 Å². The number of carbonyl (C=O) groups excluding carboxylic acids is 2. The van der Waals surface area contributed by atoms with Crippen molar-refractivity contribution in [1.82, 2.24) is 35.5 Å². The van der Waals surface area contributed by atoms with E-state index < -0.39 is 17.6 Å². The SMILES string of the molecule is CC(C)(C)OC(=O)NC1CCCC[C@H]1Nc1cc(Nc2cccc(-n3nccn3)n2)c(C(N)=O)nn1. The molecule has 0 aliphatic heterocycles. The van der Waals surface area contributed by atoms with E-state index in [2.05, 4.69) is 41.3 Å². The lowest BCUT2D eigenvalue weighted by molar-refractivity contribution is 0.0488. The Balaban J connectivity index is 1.53. The van der Waals surface area contributed by atoms with Crippen LogP contribution in [0.15, 0.2) is 36.7 Å². The minimum Gasteiger partial charge on any atom is -0.444 e. The molecule has 1 aliphatic carbocycles. The zero-order chi connectivity index (χ0) is 25.7. The standard InChI is InChI=1S/C23H30N10O3/c1-23(2,3)36-22(35)29-15-8-5-4-7-14(15)27-18-13-16(20(21(24)34)32-31-18)28-17-9-6-10-19(30-17)33-25-11-12-26-33/h6,9-15H,4-5,7-8H2,1-3H3,(H2,24,34)(H,29,35)(H2,27,28,30,31)/t14-,15?/m1/s1. The predicted octanol–water partition coefficient (Wildman–Crippen LogP) is 2.54. The van der Waals surface area contributed by atoms with E-state index in [0.29, 0.717) is 23.1 Å². The first kappa shape index (κ1) is 24.8. The van der Waals surface area contributed by atoms with Crippen LogP contribution in [0.2, 0.25) is 0 Å². The largest absolute Gasteiger partial charge is 0.444 e. The average Bonchev–Trinajstić information content (AvgIpc) is 3.34. The van der Waals surface area contributed by atoms with Crippen molar-refractivity contribution in [3.8, 4) is 5.82 Å². The predicted molar refractivity (Wildman–Crippen MR) is 132 cm³/mol. The highest BCUT2D eigenvalue weighted by Crippen LogP contribution is 2.25. The number of pyridine rings is 1. The summed E-state index contributed by atoms with van der Waals surface area (Å²) >= 11 is 0. The molecule has 190 valence electrons. The van der Waals surface area contributed by atoms with Gasteiger partial charge in [-0.15, -0.1) is 15.0 Å². The summed E-state index contributed by atoms with van der Waals surface area (Å²) in [7, 11) is 0. The molecule has 1 saturated carbocycles. The van der Waals surface area contributed by atoms with Crippen LogP contribution in [0.3, 0.4) is 0 Å². The van der Waals surface area contributed by atoms with Gasteiger partial charge in [0.05, 0.1) is 24.1 Å². The smallest absolute Gasteiger partial charge is 0.407 e. The van der Waals surface area contributed by atoms with Gasteiger partial charge < -0.3 is 26.4 Å². The number of nitrogens with one attached hydrogen (secondary N) is 3. The van der Waals surface area contributed by atoms with Gasteiger partial charge in [-0.25, -0.2) is 9.78 Å². The summed E-state index contributed by atoms with van der Waals surface area (Å²) in [6.07, 6.45) is 6.25. The van der Waals surface area contributed by atoms with Gasteiger partial charge in [0.2, 0.25) is 0 Å². The Hall–Kier alpha value is -4.29. The van der Waals surface area contributed by atoms with E-state index in [1.165, 1.54) is 4.80 Å². The Morgan fingerprint density at radius 1 is 1.06 bits per heavy atom. The first-order chi connectivity index (χ1) is 17.2. The maximum Gasteiger partial charge on any atom is 0.407 e. The Morgan fingerprint density at radius 2 is 1.78 bits per heavy atom. The van der Waals surface area contributed by atoms with Gasteiger partial charge in [-0.05, 0) is 45.7 Å². The minimum atomic E-state index is -0.733. The molecule has 3 aromatic rings. The van der Waals surface area contributed by atoms with Crippen molar-refractivity contribution in [1.29, 1.82) is 0 Å². The van der Waals surface area contributed by atoms with E-state index >= 15 is 0 Å². The van der Waals surface area contributed by atoms with Crippen molar-refractivity contribution in [2.75, 3.05) is 10.6 Å². The molecule has 5 N–H and O–H groups in total. The van der Waals surface area contributed by atoms with Crippen LogP contribution in [-0.4, -0.2) is 59.9 Å². The van der Waals surface area contributed by atoms with Crippen molar-refractivity contribution in [3.05, 3.63) is 42.4 Å². The summed E-state index contributed by atoms with van der Waals surface area (Å²) in [6.45, 7) is 5.47. The number of hydrogen-bond donors (Lipinski definition) is 4. The van der Waals surface area contributed by atoms with Crippen LogP contribution in [0, 0.1) is 0 Å². The van der Waals surface area contributed by atoms with Crippen LogP contribution in [0.4, 0.5) is 22.1 Å². The molecule has 1 unspecified atom stereocenters. The molecule has 4 rings (SSSR count). The Morgan fingerprint density at radius 3 is 2.47 bits per heavy atom. The Labute approximate surface area is 208 Å². The molecule has 13 heteroatoms. The van der Waals surface area contributed by atoms with E-state index in [4.69, 9.17) is 10.5 Å². The molecular formula is C23H30N10O3. The zero-order valence-electron chi connectivity index (χ0n) is 20.4. The van der Waals surface area contributed by atoms with Crippen LogP contribution >= 0.6 is 0 Å². The second-order valence-electron chi connectivity index (χ2n) is 9.47. The quantitative estimate of drug-likeness (QED) is 0.382. The first-order valence-corrected chi connectivity index (χ1v) is 11.7. The summed E-state index contributed by atoms with van der Waals surface area (Å²) in [5.41, 5.74) is 5.25. The maximum atomic E-state index is 12.3. The number of rotatable bonds is 7. The normalized spacial score (nSPS) is 17.8. The third-order valence-electron chi connectivity index (χ3n) is 5.45. The number of hydrogen-bond acceptors (Lipinski definition) is 10. The lowest BCUT2D eigenvalue weighted by Crippen LogP contribution is -2.49. The average molecular weight is 495 g/mol. The summed E-state index contributed by atoms with van der Waals surface area (Å²) in [5.74, 6) is 0.622. The number of alkyl carbamates (subject to hydrolysis) is 1. The number of amides is 2. The molecule has 36 heavy (non-hydrogen) atoms. The molecule has 0 spiro atoms. The molecule has 0 bridgehead atoms. The van der Waals surface area contributed by atoms with Gasteiger partial charge in [-0.2, -0.15) is 10.2 Å². The third kappa shape index (κ3) is 6.43. The number of nitrogens with zero attached hydrogens (tertiary/aromatic N) is 6. The van der Waals surface area contributed by atoms with Crippen molar-refractivity contribution < 1.29 is 14.3 Å². The second-order valence-corrected chi connectivity index (χ2v) is 9.47. The number of aromatic nitrogens is 6. The molecule has 1 aliphatic rings. The van der Waals surface area contributed by atoms with Gasteiger partial charge in [-0.1, -0.05) is 18.9 Å². The van der Waals surface area contributed by atoms with Crippen LogP contribution in [-0.2, 0) is 4.74 Å². The molecule has 0 radical (unpaired) electrons. The number of primary amides is 1. The summed E-state index contributed by atoms with van der Waals surface area (Å²) in [4.78, 5) is 30.2. The van der Waals surface area contributed by atoms with E-state index in [9.17, 15) is 9.59 Å². The summed E-state index contributed by atoms with van der Waals surface area (Å²) in [5, 5.41) is 25.7. The molecule has 0 aromatic carbocycles. The highest BCUT2D eigenvalue weighted by molar-refractivity contribution is 5.97. The summed E-state index contributed by atoms with van der Waals surface area (Å²) < 4.78 is 5.42. The second kappa shape index (κ2) is 10.5. The molecular weight excluding hydrogens is 464 g/mol. The van der Waals surface area contributed by atoms with E-state index in [-0.39, 0.29) is 17.8 Å². The maximum absolute atomic E-state index is 12.3. The van der Waals surface area contributed by atoms with E-state index in [1.54, 1.807) is 36.7 Å². The molecule has 3 heterocycles. The van der Waals surface area contributed by atoms with E-state index in [0.717, 1.165) is 25.7 Å².